The molecular weight excluding hydrogens is 262 g/mol. The maximum atomic E-state index is 6.02. The Morgan fingerprint density at radius 2 is 2.16 bits per heavy atom. The summed E-state index contributed by atoms with van der Waals surface area (Å²) in [5.41, 5.74) is 7.26. The van der Waals surface area contributed by atoms with E-state index in [0.717, 1.165) is 24.8 Å². The molecule has 0 amide bonds. The summed E-state index contributed by atoms with van der Waals surface area (Å²) in [5, 5.41) is 12.5. The highest BCUT2D eigenvalue weighted by atomic mass is 35.5. The van der Waals surface area contributed by atoms with Gasteiger partial charge in [0.25, 0.3) is 0 Å². The molecule has 102 valence electrons. The molecule has 0 saturated carbocycles. The number of hydrogen-bond acceptors (Lipinski definition) is 4. The van der Waals surface area contributed by atoms with E-state index in [1.807, 2.05) is 16.8 Å². The van der Waals surface area contributed by atoms with Gasteiger partial charge in [0.15, 0.2) is 5.82 Å². The highest BCUT2D eigenvalue weighted by Gasteiger charge is 2.15. The molecule has 0 aliphatic carbocycles. The van der Waals surface area contributed by atoms with E-state index in [9.17, 15) is 0 Å². The number of nitrogens with zero attached hydrogens (tertiary/aromatic N) is 4. The Kier molecular flexibility index (Phi) is 4.37. The van der Waals surface area contributed by atoms with Crippen molar-refractivity contribution in [1.82, 2.24) is 20.2 Å². The first kappa shape index (κ1) is 13.8. The first-order valence-electron chi connectivity index (χ1n) is 6.46. The van der Waals surface area contributed by atoms with E-state index in [0.29, 0.717) is 16.5 Å². The Bertz CT molecular complexity index is 531. The van der Waals surface area contributed by atoms with Crippen LogP contribution in [-0.2, 0) is 0 Å². The fourth-order valence-corrected chi connectivity index (χ4v) is 2.29. The molecule has 19 heavy (non-hydrogen) atoms. The zero-order valence-electron chi connectivity index (χ0n) is 11.2. The standard InChI is InChI=1S/C13H18ClN5/c1-3-4-5-9(2)19-13(16-17-18-19)10-6-11(14)8-12(15)7-10/h6-9H,3-5,15H2,1-2H3. The van der Waals surface area contributed by atoms with Crippen molar-refractivity contribution in [3.05, 3.63) is 23.2 Å². The van der Waals surface area contributed by atoms with Crippen molar-refractivity contribution in [3.63, 3.8) is 0 Å². The number of nitrogens with two attached hydrogens (primary N) is 1. The van der Waals surface area contributed by atoms with Gasteiger partial charge in [0.2, 0.25) is 0 Å². The van der Waals surface area contributed by atoms with Gasteiger partial charge in [-0.1, -0.05) is 31.4 Å². The first-order chi connectivity index (χ1) is 9.11. The second-order valence-corrected chi connectivity index (χ2v) is 5.15. The number of nitrogen functional groups attached to an aromatic ring is 1. The van der Waals surface area contributed by atoms with Gasteiger partial charge in [0.1, 0.15) is 0 Å². The molecule has 1 atom stereocenters. The minimum atomic E-state index is 0.255. The topological polar surface area (TPSA) is 69.6 Å². The van der Waals surface area contributed by atoms with Crippen LogP contribution < -0.4 is 5.73 Å². The van der Waals surface area contributed by atoms with Crippen LogP contribution in [0.4, 0.5) is 5.69 Å². The van der Waals surface area contributed by atoms with Gasteiger partial charge in [0, 0.05) is 16.3 Å². The summed E-state index contributed by atoms with van der Waals surface area (Å²) >= 11 is 6.02. The smallest absolute Gasteiger partial charge is 0.182 e. The van der Waals surface area contributed by atoms with Gasteiger partial charge in [-0.2, -0.15) is 0 Å². The lowest BCUT2D eigenvalue weighted by molar-refractivity contribution is 0.437. The Labute approximate surface area is 117 Å². The Hall–Kier alpha value is -1.62. The number of aromatic nitrogens is 4. The molecule has 0 fully saturated rings. The van der Waals surface area contributed by atoms with E-state index < -0.39 is 0 Å². The molecular formula is C13H18ClN5. The second-order valence-electron chi connectivity index (χ2n) is 4.71. The summed E-state index contributed by atoms with van der Waals surface area (Å²) in [5.74, 6) is 0.706. The van der Waals surface area contributed by atoms with Crippen LogP contribution in [0.25, 0.3) is 11.4 Å². The second kappa shape index (κ2) is 6.02. The molecule has 0 spiro atoms. The molecule has 1 aromatic heterocycles. The highest BCUT2D eigenvalue weighted by molar-refractivity contribution is 6.31. The lowest BCUT2D eigenvalue weighted by Crippen LogP contribution is -2.09. The molecule has 1 heterocycles. The fraction of sp³-hybridized carbons (Fsp3) is 0.462. The van der Waals surface area contributed by atoms with Gasteiger partial charge in [-0.05, 0) is 42.0 Å². The third-order valence-corrected chi connectivity index (χ3v) is 3.28. The lowest BCUT2D eigenvalue weighted by atomic mass is 10.1. The number of benzene rings is 1. The number of halogens is 1. The molecule has 0 aliphatic rings. The van der Waals surface area contributed by atoms with Crippen LogP contribution in [0.5, 0.6) is 0 Å². The average molecular weight is 280 g/mol. The minimum absolute atomic E-state index is 0.255. The van der Waals surface area contributed by atoms with E-state index in [4.69, 9.17) is 17.3 Å². The van der Waals surface area contributed by atoms with E-state index >= 15 is 0 Å². The predicted octanol–water partition coefficient (Wildman–Crippen LogP) is 3.33. The predicted molar refractivity (Wildman–Crippen MR) is 76.9 cm³/mol. The van der Waals surface area contributed by atoms with Crippen LogP contribution >= 0.6 is 11.6 Å². The lowest BCUT2D eigenvalue weighted by Gasteiger charge is -2.13. The summed E-state index contributed by atoms with van der Waals surface area (Å²) < 4.78 is 1.83. The number of hydrogen-bond donors (Lipinski definition) is 1. The Morgan fingerprint density at radius 3 is 2.84 bits per heavy atom. The molecule has 0 radical (unpaired) electrons. The van der Waals surface area contributed by atoms with Crippen LogP contribution in [0.3, 0.4) is 0 Å². The summed E-state index contributed by atoms with van der Waals surface area (Å²) in [4.78, 5) is 0. The molecule has 5 nitrogen and oxygen atoms in total. The number of rotatable bonds is 5. The molecule has 6 heteroatoms. The Balaban J connectivity index is 2.32. The molecule has 0 bridgehead atoms. The SMILES string of the molecule is CCCCC(C)n1nnnc1-c1cc(N)cc(Cl)c1. The van der Waals surface area contributed by atoms with Crippen molar-refractivity contribution >= 4 is 17.3 Å². The molecule has 2 N–H and O–H groups in total. The molecule has 2 aromatic rings. The monoisotopic (exact) mass is 279 g/mol. The van der Waals surface area contributed by atoms with Crippen LogP contribution in [-0.4, -0.2) is 20.2 Å². The zero-order valence-corrected chi connectivity index (χ0v) is 11.9. The molecule has 0 saturated heterocycles. The van der Waals surface area contributed by atoms with Crippen molar-refractivity contribution in [1.29, 1.82) is 0 Å². The maximum absolute atomic E-state index is 6.02. The van der Waals surface area contributed by atoms with E-state index in [1.165, 1.54) is 0 Å². The normalized spacial score (nSPS) is 12.6. The van der Waals surface area contributed by atoms with Gasteiger partial charge < -0.3 is 5.73 Å². The van der Waals surface area contributed by atoms with Crippen LogP contribution in [0.15, 0.2) is 18.2 Å². The van der Waals surface area contributed by atoms with Crippen molar-refractivity contribution in [2.75, 3.05) is 5.73 Å². The van der Waals surface area contributed by atoms with Crippen molar-refractivity contribution in [2.24, 2.45) is 0 Å². The van der Waals surface area contributed by atoms with E-state index in [1.54, 1.807) is 6.07 Å². The summed E-state index contributed by atoms with van der Waals surface area (Å²) in [6, 6.07) is 5.62. The third kappa shape index (κ3) is 3.23. The third-order valence-electron chi connectivity index (χ3n) is 3.06. The quantitative estimate of drug-likeness (QED) is 0.852. The van der Waals surface area contributed by atoms with Crippen molar-refractivity contribution in [2.45, 2.75) is 39.2 Å². The Morgan fingerprint density at radius 1 is 1.37 bits per heavy atom. The van der Waals surface area contributed by atoms with Gasteiger partial charge in [0.05, 0.1) is 6.04 Å². The molecule has 1 unspecified atom stereocenters. The van der Waals surface area contributed by atoms with Crippen molar-refractivity contribution in [3.8, 4) is 11.4 Å². The summed E-state index contributed by atoms with van der Waals surface area (Å²) in [7, 11) is 0. The highest BCUT2D eigenvalue weighted by Crippen LogP contribution is 2.26. The van der Waals surface area contributed by atoms with Gasteiger partial charge >= 0.3 is 0 Å². The maximum Gasteiger partial charge on any atom is 0.182 e. The van der Waals surface area contributed by atoms with Crippen LogP contribution in [0, 0.1) is 0 Å². The van der Waals surface area contributed by atoms with Gasteiger partial charge in [-0.15, -0.1) is 5.10 Å². The van der Waals surface area contributed by atoms with Crippen LogP contribution in [0.1, 0.15) is 39.2 Å². The van der Waals surface area contributed by atoms with Gasteiger partial charge in [-0.25, -0.2) is 4.68 Å². The number of unbranched alkanes of at least 4 members (excludes halogenated alkanes) is 1. The summed E-state index contributed by atoms with van der Waals surface area (Å²) in [6.45, 7) is 4.29. The minimum Gasteiger partial charge on any atom is -0.399 e. The van der Waals surface area contributed by atoms with E-state index in [2.05, 4.69) is 29.4 Å². The molecule has 1 aromatic carbocycles. The fourth-order valence-electron chi connectivity index (χ4n) is 2.04. The molecule has 0 aliphatic heterocycles. The largest absolute Gasteiger partial charge is 0.399 e. The van der Waals surface area contributed by atoms with Crippen molar-refractivity contribution < 1.29 is 0 Å². The zero-order chi connectivity index (χ0) is 13.8. The molecule has 2 rings (SSSR count). The van der Waals surface area contributed by atoms with Crippen LogP contribution in [0.2, 0.25) is 5.02 Å². The number of tetrazole rings is 1. The van der Waals surface area contributed by atoms with E-state index in [-0.39, 0.29) is 6.04 Å². The number of anilines is 1. The van der Waals surface area contributed by atoms with Gasteiger partial charge in [-0.3, -0.25) is 0 Å². The summed E-state index contributed by atoms with van der Waals surface area (Å²) in [6.07, 6.45) is 3.36. The average Bonchev–Trinajstić information content (AvgIpc) is 2.84. The first-order valence-corrected chi connectivity index (χ1v) is 6.84.